The molecule has 6 heteroatoms. The van der Waals surface area contributed by atoms with Crippen LogP contribution in [0.5, 0.6) is 0 Å². The average molecular weight is 481 g/mol. The topological polar surface area (TPSA) is 31.4 Å². The second-order valence-corrected chi connectivity index (χ2v) is 11.1. The fourth-order valence-corrected chi connectivity index (χ4v) is 6.52. The second kappa shape index (κ2) is 8.59. The van der Waals surface area contributed by atoms with Crippen LogP contribution in [0.4, 0.5) is 5.69 Å². The Labute approximate surface area is 208 Å². The molecule has 1 aromatic carbocycles. The van der Waals surface area contributed by atoms with Crippen LogP contribution in [0.15, 0.2) is 42.6 Å². The van der Waals surface area contributed by atoms with Gasteiger partial charge in [0.05, 0.1) is 23.3 Å². The Hall–Kier alpha value is -2.11. The van der Waals surface area contributed by atoms with Crippen LogP contribution in [0.2, 0.25) is 5.02 Å². The quantitative estimate of drug-likeness (QED) is 0.495. The molecule has 1 aliphatic carbocycles. The van der Waals surface area contributed by atoms with Gasteiger partial charge in [-0.25, -0.2) is 0 Å². The summed E-state index contributed by atoms with van der Waals surface area (Å²) in [5.41, 5.74) is 5.80. The molecule has 3 aliphatic rings. The van der Waals surface area contributed by atoms with E-state index >= 15 is 0 Å². The minimum atomic E-state index is -0.0525. The summed E-state index contributed by atoms with van der Waals surface area (Å²) in [6.45, 7) is 6.68. The number of aromatic nitrogens is 1. The van der Waals surface area contributed by atoms with Crippen LogP contribution < -0.4 is 10.2 Å². The van der Waals surface area contributed by atoms with E-state index in [1.807, 2.05) is 18.3 Å². The molecule has 2 aromatic rings. The van der Waals surface area contributed by atoms with Crippen molar-refractivity contribution in [2.24, 2.45) is 0 Å². The number of pyridine rings is 1. The highest BCUT2D eigenvalue weighted by Crippen LogP contribution is 2.48. The van der Waals surface area contributed by atoms with Gasteiger partial charge in [-0.2, -0.15) is 0 Å². The van der Waals surface area contributed by atoms with Crippen LogP contribution in [-0.4, -0.2) is 33.6 Å². The van der Waals surface area contributed by atoms with E-state index in [4.69, 9.17) is 28.8 Å². The standard InChI is InChI=1S/C27H33ClN4S/c1-17-16-27(2,3)31(4)23-15-21(28)20(14-19(17)23)25-24(22-12-8-9-13-29-22)30-26(33)32(25)18-10-6-5-7-11-18/h8-9,12-16,18,24-25H,5-7,10-11H2,1-4H3,(H,30,33)/t24-,25-/m1/s1. The normalized spacial score (nSPS) is 25.0. The van der Waals surface area contributed by atoms with E-state index < -0.39 is 0 Å². The zero-order valence-electron chi connectivity index (χ0n) is 19.9. The second-order valence-electron chi connectivity index (χ2n) is 10.3. The highest BCUT2D eigenvalue weighted by atomic mass is 35.5. The van der Waals surface area contributed by atoms with Crippen LogP contribution in [0, 0.1) is 0 Å². The summed E-state index contributed by atoms with van der Waals surface area (Å²) < 4.78 is 0. The number of nitrogens with one attached hydrogen (secondary N) is 1. The number of thiocarbonyl (C=S) groups is 1. The zero-order chi connectivity index (χ0) is 23.3. The summed E-state index contributed by atoms with van der Waals surface area (Å²) in [4.78, 5) is 9.46. The van der Waals surface area contributed by atoms with Gasteiger partial charge in [0, 0.05) is 35.6 Å². The summed E-state index contributed by atoms with van der Waals surface area (Å²) in [6, 6.07) is 11.0. The van der Waals surface area contributed by atoms with Gasteiger partial charge < -0.3 is 15.1 Å². The van der Waals surface area contributed by atoms with Gasteiger partial charge in [0.25, 0.3) is 0 Å². The first kappa shape index (κ1) is 22.7. The lowest BCUT2D eigenvalue weighted by Gasteiger charge is -2.42. The number of hydrogen-bond donors (Lipinski definition) is 1. The lowest BCUT2D eigenvalue weighted by atomic mass is 9.85. The highest BCUT2D eigenvalue weighted by molar-refractivity contribution is 7.80. The molecule has 0 amide bonds. The fourth-order valence-electron chi connectivity index (χ4n) is 5.86. The molecular formula is C27H33ClN4S. The van der Waals surface area contributed by atoms with Crippen LogP contribution >= 0.6 is 23.8 Å². The molecule has 1 aromatic heterocycles. The molecule has 0 radical (unpaired) electrons. The smallest absolute Gasteiger partial charge is 0.170 e. The minimum absolute atomic E-state index is 0.0151. The van der Waals surface area contributed by atoms with Crippen LogP contribution in [0.25, 0.3) is 5.57 Å². The van der Waals surface area contributed by atoms with E-state index in [1.165, 1.54) is 48.9 Å². The summed E-state index contributed by atoms with van der Waals surface area (Å²) in [7, 11) is 2.15. The molecule has 3 heterocycles. The first-order valence-electron chi connectivity index (χ1n) is 12.0. The molecule has 4 nitrogen and oxygen atoms in total. The fraction of sp³-hybridized carbons (Fsp3) is 0.481. The Morgan fingerprint density at radius 1 is 1.15 bits per heavy atom. The van der Waals surface area contributed by atoms with Crippen molar-refractivity contribution >= 4 is 40.2 Å². The van der Waals surface area contributed by atoms with Crippen LogP contribution in [0.3, 0.4) is 0 Å². The predicted octanol–water partition coefficient (Wildman–Crippen LogP) is 6.67. The third-order valence-corrected chi connectivity index (χ3v) is 8.41. The predicted molar refractivity (Wildman–Crippen MR) is 142 cm³/mol. The maximum atomic E-state index is 7.09. The third kappa shape index (κ3) is 3.93. The number of allylic oxidation sites excluding steroid dienone is 1. The van der Waals surface area contributed by atoms with E-state index in [-0.39, 0.29) is 17.6 Å². The molecule has 0 unspecified atom stereocenters. The third-order valence-electron chi connectivity index (χ3n) is 7.76. The molecule has 33 heavy (non-hydrogen) atoms. The van der Waals surface area contributed by atoms with Gasteiger partial charge in [-0.05, 0) is 81.2 Å². The number of nitrogens with zero attached hydrogens (tertiary/aromatic N) is 3. The van der Waals surface area contributed by atoms with E-state index in [1.54, 1.807) is 0 Å². The van der Waals surface area contributed by atoms with Crippen molar-refractivity contribution in [3.05, 3.63) is 64.4 Å². The molecule has 2 atom stereocenters. The number of halogens is 1. The van der Waals surface area contributed by atoms with Gasteiger partial charge >= 0.3 is 0 Å². The van der Waals surface area contributed by atoms with Crippen molar-refractivity contribution in [3.8, 4) is 0 Å². The van der Waals surface area contributed by atoms with E-state index in [0.29, 0.717) is 6.04 Å². The molecule has 1 saturated carbocycles. The van der Waals surface area contributed by atoms with Gasteiger partial charge in [-0.1, -0.05) is 43.0 Å². The first-order valence-corrected chi connectivity index (χ1v) is 12.8. The number of likely N-dealkylation sites (N-methyl/N-ethyl adjacent to an activating group) is 1. The van der Waals surface area contributed by atoms with Crippen molar-refractivity contribution in [1.82, 2.24) is 15.2 Å². The number of hydrogen-bond acceptors (Lipinski definition) is 3. The molecule has 1 N–H and O–H groups in total. The first-order chi connectivity index (χ1) is 15.8. The van der Waals surface area contributed by atoms with Crippen molar-refractivity contribution in [2.75, 3.05) is 11.9 Å². The maximum absolute atomic E-state index is 7.09. The van der Waals surface area contributed by atoms with Gasteiger partial charge in [0.15, 0.2) is 5.11 Å². The summed E-state index contributed by atoms with van der Waals surface area (Å²) in [5.74, 6) is 0. The summed E-state index contributed by atoms with van der Waals surface area (Å²) >= 11 is 13.0. The van der Waals surface area contributed by atoms with Crippen LogP contribution in [-0.2, 0) is 0 Å². The number of benzene rings is 1. The average Bonchev–Trinajstić information content (AvgIpc) is 3.15. The Morgan fingerprint density at radius 3 is 2.61 bits per heavy atom. The molecule has 2 fully saturated rings. The highest BCUT2D eigenvalue weighted by Gasteiger charge is 2.44. The Balaban J connectivity index is 1.65. The lowest BCUT2D eigenvalue weighted by molar-refractivity contribution is 0.197. The number of rotatable bonds is 3. The van der Waals surface area contributed by atoms with Gasteiger partial charge in [0.1, 0.15) is 0 Å². The monoisotopic (exact) mass is 480 g/mol. The Bertz CT molecular complexity index is 1090. The Kier molecular flexibility index (Phi) is 5.90. The largest absolute Gasteiger partial charge is 0.365 e. The molecule has 2 aliphatic heterocycles. The van der Waals surface area contributed by atoms with Gasteiger partial charge in [0.2, 0.25) is 0 Å². The zero-order valence-corrected chi connectivity index (χ0v) is 21.5. The van der Waals surface area contributed by atoms with E-state index in [0.717, 1.165) is 21.4 Å². The SMILES string of the molecule is CC1=CC(C)(C)N(C)c2cc(Cl)c([C@@H]3[C@@H](c4ccccn4)NC(=S)N3C3CCCCC3)cc21. The van der Waals surface area contributed by atoms with Gasteiger partial charge in [-0.3, -0.25) is 4.98 Å². The molecule has 0 spiro atoms. The minimum Gasteiger partial charge on any atom is -0.365 e. The molecular weight excluding hydrogens is 448 g/mol. The molecule has 1 saturated heterocycles. The van der Waals surface area contributed by atoms with E-state index in [2.05, 4.69) is 67.2 Å². The molecule has 174 valence electrons. The lowest BCUT2D eigenvalue weighted by Crippen LogP contribution is -2.42. The van der Waals surface area contributed by atoms with E-state index in [9.17, 15) is 0 Å². The number of anilines is 1. The van der Waals surface area contributed by atoms with Crippen molar-refractivity contribution < 1.29 is 0 Å². The number of fused-ring (bicyclic) bond motifs is 1. The molecule has 5 rings (SSSR count). The van der Waals surface area contributed by atoms with Crippen molar-refractivity contribution in [2.45, 2.75) is 76.5 Å². The summed E-state index contributed by atoms with van der Waals surface area (Å²) in [6.07, 6.45) is 10.4. The van der Waals surface area contributed by atoms with Gasteiger partial charge in [-0.15, -0.1) is 0 Å². The maximum Gasteiger partial charge on any atom is 0.170 e. The summed E-state index contributed by atoms with van der Waals surface area (Å²) in [5, 5.41) is 5.23. The van der Waals surface area contributed by atoms with Crippen molar-refractivity contribution in [3.63, 3.8) is 0 Å². The van der Waals surface area contributed by atoms with Crippen molar-refractivity contribution in [1.29, 1.82) is 0 Å². The van der Waals surface area contributed by atoms with Crippen LogP contribution in [0.1, 0.15) is 81.8 Å². The molecule has 0 bridgehead atoms. The Morgan fingerprint density at radius 2 is 1.91 bits per heavy atom.